The molecule has 0 aliphatic rings. The lowest BCUT2D eigenvalue weighted by molar-refractivity contribution is -0.133. The molecule has 0 heterocycles. The van der Waals surface area contributed by atoms with Gasteiger partial charge in [-0.15, -0.1) is 0 Å². The van der Waals surface area contributed by atoms with E-state index in [2.05, 4.69) is 10.6 Å². The lowest BCUT2D eigenvalue weighted by Gasteiger charge is -2.09. The molecule has 0 spiro atoms. The third-order valence-electron chi connectivity index (χ3n) is 2.68. The van der Waals surface area contributed by atoms with Crippen LogP contribution in [0.5, 0.6) is 0 Å². The molecular formula is C15H13N3O3. The third-order valence-corrected chi connectivity index (χ3v) is 2.68. The number of nitrogens with one attached hydrogen (secondary N) is 2. The van der Waals surface area contributed by atoms with Gasteiger partial charge in [-0.25, -0.2) is 0 Å². The van der Waals surface area contributed by atoms with Gasteiger partial charge in [0.2, 0.25) is 0 Å². The summed E-state index contributed by atoms with van der Waals surface area (Å²) < 4.78 is 0. The number of nitrogens with two attached hydrogens (primary N) is 1. The highest BCUT2D eigenvalue weighted by atomic mass is 16.2. The number of hydrogen-bond acceptors (Lipinski definition) is 3. The predicted octanol–water partition coefficient (Wildman–Crippen LogP) is 1.36. The van der Waals surface area contributed by atoms with Crippen LogP contribution in [0.3, 0.4) is 0 Å². The van der Waals surface area contributed by atoms with Gasteiger partial charge in [0.15, 0.2) is 0 Å². The Morgan fingerprint density at radius 3 is 2.00 bits per heavy atom. The normalized spacial score (nSPS) is 9.71. The zero-order valence-electron chi connectivity index (χ0n) is 11.0. The van der Waals surface area contributed by atoms with Crippen molar-refractivity contribution in [2.45, 2.75) is 0 Å². The second-order valence-electron chi connectivity index (χ2n) is 4.18. The Morgan fingerprint density at radius 2 is 1.33 bits per heavy atom. The number of hydrogen-bond donors (Lipinski definition) is 3. The van der Waals surface area contributed by atoms with E-state index in [-0.39, 0.29) is 11.3 Å². The average molecular weight is 283 g/mol. The van der Waals surface area contributed by atoms with Crippen molar-refractivity contribution in [1.29, 1.82) is 0 Å². The average Bonchev–Trinajstić information content (AvgIpc) is 2.48. The predicted molar refractivity (Wildman–Crippen MR) is 78.7 cm³/mol. The number of benzene rings is 2. The summed E-state index contributed by atoms with van der Waals surface area (Å²) in [5.74, 6) is -2.40. The fourth-order valence-corrected chi connectivity index (χ4v) is 1.70. The molecule has 4 N–H and O–H groups in total. The van der Waals surface area contributed by atoms with Crippen LogP contribution in [0.1, 0.15) is 10.4 Å². The molecule has 0 saturated carbocycles. The van der Waals surface area contributed by atoms with E-state index < -0.39 is 17.7 Å². The summed E-state index contributed by atoms with van der Waals surface area (Å²) in [6.45, 7) is 0. The van der Waals surface area contributed by atoms with E-state index >= 15 is 0 Å². The molecule has 6 heteroatoms. The third kappa shape index (κ3) is 3.66. The Hall–Kier alpha value is -3.15. The first-order valence-corrected chi connectivity index (χ1v) is 6.14. The van der Waals surface area contributed by atoms with Crippen molar-refractivity contribution in [3.8, 4) is 0 Å². The Kier molecular flexibility index (Phi) is 4.30. The van der Waals surface area contributed by atoms with Crippen LogP contribution in [-0.4, -0.2) is 17.7 Å². The molecule has 2 aromatic rings. The maximum absolute atomic E-state index is 11.8. The molecule has 3 amide bonds. The van der Waals surface area contributed by atoms with Crippen LogP contribution in [0.25, 0.3) is 0 Å². The molecule has 0 aliphatic heterocycles. The van der Waals surface area contributed by atoms with Crippen molar-refractivity contribution in [3.63, 3.8) is 0 Å². The second-order valence-corrected chi connectivity index (χ2v) is 4.18. The van der Waals surface area contributed by atoms with E-state index in [0.29, 0.717) is 5.69 Å². The highest BCUT2D eigenvalue weighted by Gasteiger charge is 2.16. The van der Waals surface area contributed by atoms with Crippen LogP contribution in [0.4, 0.5) is 11.4 Å². The quantitative estimate of drug-likeness (QED) is 0.741. The van der Waals surface area contributed by atoms with E-state index in [1.54, 1.807) is 42.5 Å². The monoisotopic (exact) mass is 283 g/mol. The summed E-state index contributed by atoms with van der Waals surface area (Å²) in [5, 5.41) is 4.80. The topological polar surface area (TPSA) is 101 Å². The fourth-order valence-electron chi connectivity index (χ4n) is 1.70. The van der Waals surface area contributed by atoms with E-state index in [1.165, 1.54) is 12.1 Å². The molecular weight excluding hydrogens is 270 g/mol. The largest absolute Gasteiger partial charge is 0.366 e. The zero-order chi connectivity index (χ0) is 15.2. The maximum Gasteiger partial charge on any atom is 0.314 e. The van der Waals surface area contributed by atoms with Gasteiger partial charge in [-0.2, -0.15) is 0 Å². The molecule has 2 rings (SSSR count). The van der Waals surface area contributed by atoms with Crippen molar-refractivity contribution >= 4 is 29.1 Å². The van der Waals surface area contributed by atoms with E-state index in [0.717, 1.165) is 0 Å². The summed E-state index contributed by atoms with van der Waals surface area (Å²) in [4.78, 5) is 34.8. The zero-order valence-corrected chi connectivity index (χ0v) is 11.0. The van der Waals surface area contributed by atoms with Crippen LogP contribution in [0.2, 0.25) is 0 Å². The molecule has 0 aromatic heterocycles. The summed E-state index contributed by atoms with van der Waals surface area (Å²) in [6.07, 6.45) is 0. The number of amides is 3. The molecule has 21 heavy (non-hydrogen) atoms. The second kappa shape index (κ2) is 6.33. The van der Waals surface area contributed by atoms with Crippen LogP contribution in [0, 0.1) is 0 Å². The SMILES string of the molecule is NC(=O)c1ccccc1NC(=O)C(=O)Nc1ccccc1. The number of primary amides is 1. The molecule has 0 bridgehead atoms. The number of carbonyl (C=O) groups excluding carboxylic acids is 3. The first-order valence-electron chi connectivity index (χ1n) is 6.14. The Balaban J connectivity index is 2.08. The number of rotatable bonds is 3. The first-order chi connectivity index (χ1) is 10.1. The molecule has 0 radical (unpaired) electrons. The van der Waals surface area contributed by atoms with Gasteiger partial charge in [0.25, 0.3) is 5.91 Å². The van der Waals surface area contributed by atoms with Crippen molar-refractivity contribution in [2.24, 2.45) is 5.73 Å². The molecule has 0 unspecified atom stereocenters. The van der Waals surface area contributed by atoms with Gasteiger partial charge < -0.3 is 16.4 Å². The van der Waals surface area contributed by atoms with Crippen molar-refractivity contribution in [3.05, 3.63) is 60.2 Å². The molecule has 106 valence electrons. The minimum atomic E-state index is -0.882. The van der Waals surface area contributed by atoms with Gasteiger partial charge in [-0.1, -0.05) is 30.3 Å². The van der Waals surface area contributed by atoms with Crippen molar-refractivity contribution in [1.82, 2.24) is 0 Å². The van der Waals surface area contributed by atoms with Crippen molar-refractivity contribution in [2.75, 3.05) is 10.6 Å². The van der Waals surface area contributed by atoms with Crippen LogP contribution in [0.15, 0.2) is 54.6 Å². The molecule has 0 aliphatic carbocycles. The van der Waals surface area contributed by atoms with Gasteiger partial charge >= 0.3 is 11.8 Å². The minimum absolute atomic E-state index is 0.137. The Labute approximate surface area is 121 Å². The molecule has 0 fully saturated rings. The molecule has 6 nitrogen and oxygen atoms in total. The summed E-state index contributed by atoms with van der Waals surface area (Å²) in [6, 6.07) is 14.8. The van der Waals surface area contributed by atoms with Crippen LogP contribution in [-0.2, 0) is 9.59 Å². The van der Waals surface area contributed by atoms with Gasteiger partial charge in [-0.3, -0.25) is 14.4 Å². The molecule has 0 atom stereocenters. The highest BCUT2D eigenvalue weighted by Crippen LogP contribution is 2.14. The van der Waals surface area contributed by atoms with Gasteiger partial charge in [-0.05, 0) is 24.3 Å². The summed E-state index contributed by atoms with van der Waals surface area (Å²) >= 11 is 0. The minimum Gasteiger partial charge on any atom is -0.366 e. The van der Waals surface area contributed by atoms with Crippen LogP contribution >= 0.6 is 0 Å². The fraction of sp³-hybridized carbons (Fsp3) is 0. The number of carbonyl (C=O) groups is 3. The Morgan fingerprint density at radius 1 is 0.762 bits per heavy atom. The van der Waals surface area contributed by atoms with Crippen molar-refractivity contribution < 1.29 is 14.4 Å². The lowest BCUT2D eigenvalue weighted by Crippen LogP contribution is -2.30. The summed E-state index contributed by atoms with van der Waals surface area (Å²) in [5.41, 5.74) is 6.03. The molecule has 0 saturated heterocycles. The maximum atomic E-state index is 11.8. The van der Waals surface area contributed by atoms with Gasteiger partial charge in [0, 0.05) is 5.69 Å². The first kappa shape index (κ1) is 14.3. The van der Waals surface area contributed by atoms with Gasteiger partial charge in [0.05, 0.1) is 11.3 Å². The Bertz CT molecular complexity index is 684. The standard InChI is InChI=1S/C15H13N3O3/c16-13(19)11-8-4-5-9-12(11)18-15(21)14(20)17-10-6-2-1-3-7-10/h1-9H,(H2,16,19)(H,17,20)(H,18,21). The van der Waals surface area contributed by atoms with Crippen LogP contribution < -0.4 is 16.4 Å². The van der Waals surface area contributed by atoms with Gasteiger partial charge in [0.1, 0.15) is 0 Å². The van der Waals surface area contributed by atoms with E-state index in [1.807, 2.05) is 0 Å². The van der Waals surface area contributed by atoms with E-state index in [4.69, 9.17) is 5.73 Å². The number of para-hydroxylation sites is 2. The smallest absolute Gasteiger partial charge is 0.314 e. The summed E-state index contributed by atoms with van der Waals surface area (Å²) in [7, 11) is 0. The highest BCUT2D eigenvalue weighted by molar-refractivity contribution is 6.43. The lowest BCUT2D eigenvalue weighted by atomic mass is 10.1. The molecule has 2 aromatic carbocycles. The number of anilines is 2. The van der Waals surface area contributed by atoms with E-state index in [9.17, 15) is 14.4 Å².